The second-order valence-corrected chi connectivity index (χ2v) is 8.52. The van der Waals surface area contributed by atoms with Crippen LogP contribution in [-0.4, -0.2) is 10.2 Å². The molecule has 1 unspecified atom stereocenters. The molecule has 23 heavy (non-hydrogen) atoms. The van der Waals surface area contributed by atoms with Gasteiger partial charge >= 0.3 is 0 Å². The molecule has 0 radical (unpaired) electrons. The zero-order valence-corrected chi connectivity index (χ0v) is 17.1. The lowest BCUT2D eigenvalue weighted by Crippen LogP contribution is -2.37. The molecule has 0 aliphatic rings. The summed E-state index contributed by atoms with van der Waals surface area (Å²) in [5.74, 6) is 0.848. The van der Waals surface area contributed by atoms with Gasteiger partial charge < -0.3 is 5.32 Å². The smallest absolute Gasteiger partial charge is 0.241 e. The minimum Gasteiger partial charge on any atom is -0.324 e. The third-order valence-corrected chi connectivity index (χ3v) is 5.82. The summed E-state index contributed by atoms with van der Waals surface area (Å²) in [6.07, 6.45) is 3.81. The molecule has 0 spiro atoms. The molecule has 2 nitrogen and oxygen atoms in total. The van der Waals surface area contributed by atoms with Crippen LogP contribution in [0, 0.1) is 0 Å². The van der Waals surface area contributed by atoms with Crippen molar-refractivity contribution in [2.45, 2.75) is 83.4 Å². The van der Waals surface area contributed by atoms with Crippen LogP contribution in [0.3, 0.4) is 0 Å². The molecule has 130 valence electrons. The number of unbranched alkanes of at least 4 members (excludes halogenated alkanes) is 1. The van der Waals surface area contributed by atoms with E-state index >= 15 is 0 Å². The topological polar surface area (TPSA) is 29.1 Å². The minimum atomic E-state index is -0.471. The van der Waals surface area contributed by atoms with Gasteiger partial charge in [0.25, 0.3) is 0 Å². The average Bonchev–Trinajstić information content (AvgIpc) is 2.52. The maximum atomic E-state index is 13.0. The van der Waals surface area contributed by atoms with Gasteiger partial charge in [-0.3, -0.25) is 4.79 Å². The Balaban J connectivity index is 3.18. The van der Waals surface area contributed by atoms with Crippen LogP contribution in [0.2, 0.25) is 0 Å². The Morgan fingerprint density at radius 2 is 1.65 bits per heavy atom. The van der Waals surface area contributed by atoms with E-state index in [-0.39, 0.29) is 5.91 Å². The predicted octanol–water partition coefficient (Wildman–Crippen LogP) is 6.61. The summed E-state index contributed by atoms with van der Waals surface area (Å²) in [5.41, 5.74) is 3.44. The van der Waals surface area contributed by atoms with Crippen molar-refractivity contribution in [2.24, 2.45) is 0 Å². The molecule has 1 amide bonds. The lowest BCUT2D eigenvalue weighted by molar-refractivity contribution is -0.118. The number of carbonyl (C=O) groups is 1. The molecule has 3 heteroatoms. The molecule has 1 aromatic carbocycles. The first-order valence-corrected chi connectivity index (χ1v) is 9.69. The molecule has 0 aliphatic heterocycles. The monoisotopic (exact) mass is 381 g/mol. The van der Waals surface area contributed by atoms with Crippen LogP contribution in [-0.2, 0) is 4.79 Å². The molecule has 0 saturated heterocycles. The van der Waals surface area contributed by atoms with Gasteiger partial charge in [-0.1, -0.05) is 88.5 Å². The highest BCUT2D eigenvalue weighted by Gasteiger charge is 2.33. The SMILES string of the molecule is CCCCC(Br)(CC)C(=O)Nc1c(C(C)C)cccc1C(C)C. The maximum absolute atomic E-state index is 13.0. The van der Waals surface area contributed by atoms with Gasteiger partial charge in [0.05, 0.1) is 0 Å². The summed E-state index contributed by atoms with van der Waals surface area (Å²) in [7, 11) is 0. The summed E-state index contributed by atoms with van der Waals surface area (Å²) in [5, 5.41) is 3.26. The molecular formula is C20H32BrNO. The van der Waals surface area contributed by atoms with E-state index in [1.165, 1.54) is 11.1 Å². The Kier molecular flexibility index (Phi) is 7.79. The first-order valence-electron chi connectivity index (χ1n) is 8.90. The number of para-hydroxylation sites is 1. The largest absolute Gasteiger partial charge is 0.324 e. The van der Waals surface area contributed by atoms with Gasteiger partial charge in [-0.2, -0.15) is 0 Å². The highest BCUT2D eigenvalue weighted by molar-refractivity contribution is 9.10. The van der Waals surface area contributed by atoms with Crippen molar-refractivity contribution in [1.29, 1.82) is 0 Å². The number of nitrogens with one attached hydrogen (secondary N) is 1. The second kappa shape index (κ2) is 8.86. The zero-order valence-electron chi connectivity index (χ0n) is 15.5. The molecule has 0 fully saturated rings. The summed E-state index contributed by atoms with van der Waals surface area (Å²) < 4.78 is -0.471. The fraction of sp³-hybridized carbons (Fsp3) is 0.650. The van der Waals surface area contributed by atoms with E-state index in [0.717, 1.165) is 31.4 Å². The molecule has 0 heterocycles. The molecule has 0 aliphatic carbocycles. The van der Waals surface area contributed by atoms with Gasteiger partial charge in [-0.25, -0.2) is 0 Å². The normalized spacial score (nSPS) is 14.1. The number of alkyl halides is 1. The molecule has 1 N–H and O–H groups in total. The molecule has 1 atom stereocenters. The molecule has 0 saturated carbocycles. The van der Waals surface area contributed by atoms with Crippen molar-refractivity contribution in [3.05, 3.63) is 29.3 Å². The first-order chi connectivity index (χ1) is 10.8. The zero-order chi connectivity index (χ0) is 17.6. The average molecular weight is 382 g/mol. The molecular weight excluding hydrogens is 350 g/mol. The standard InChI is InChI=1S/C20H32BrNO/c1-7-9-13-20(21,8-2)19(23)22-18-16(14(3)4)11-10-12-17(18)15(5)6/h10-12,14-15H,7-9,13H2,1-6H3,(H,22,23). The molecule has 0 bridgehead atoms. The Labute approximate surface area is 150 Å². The van der Waals surface area contributed by atoms with Crippen LogP contribution in [0.25, 0.3) is 0 Å². The van der Waals surface area contributed by atoms with Crippen molar-refractivity contribution >= 4 is 27.5 Å². The van der Waals surface area contributed by atoms with E-state index in [1.54, 1.807) is 0 Å². The Bertz CT molecular complexity index is 498. The van der Waals surface area contributed by atoms with Crippen molar-refractivity contribution in [1.82, 2.24) is 0 Å². The van der Waals surface area contributed by atoms with Crippen LogP contribution in [0.5, 0.6) is 0 Å². The minimum absolute atomic E-state index is 0.0865. The number of benzene rings is 1. The predicted molar refractivity (Wildman–Crippen MR) is 105 cm³/mol. The second-order valence-electron chi connectivity index (χ2n) is 7.00. The lowest BCUT2D eigenvalue weighted by atomic mass is 9.91. The lowest BCUT2D eigenvalue weighted by Gasteiger charge is -2.27. The molecule has 1 rings (SSSR count). The number of hydrogen-bond donors (Lipinski definition) is 1. The van der Waals surface area contributed by atoms with E-state index in [0.29, 0.717) is 11.8 Å². The summed E-state index contributed by atoms with van der Waals surface area (Å²) in [6.45, 7) is 12.9. The van der Waals surface area contributed by atoms with Crippen molar-refractivity contribution in [2.75, 3.05) is 5.32 Å². The van der Waals surface area contributed by atoms with Crippen LogP contribution in [0.4, 0.5) is 5.69 Å². The number of hydrogen-bond acceptors (Lipinski definition) is 1. The van der Waals surface area contributed by atoms with E-state index in [2.05, 4.69) is 81.0 Å². The highest BCUT2D eigenvalue weighted by Crippen LogP contribution is 2.35. The van der Waals surface area contributed by atoms with Crippen LogP contribution in [0.15, 0.2) is 18.2 Å². The first kappa shape index (κ1) is 20.2. The maximum Gasteiger partial charge on any atom is 0.241 e. The summed E-state index contributed by atoms with van der Waals surface area (Å²) in [6, 6.07) is 6.35. The van der Waals surface area contributed by atoms with Gasteiger partial charge in [0, 0.05) is 5.69 Å². The Hall–Kier alpha value is -0.830. The number of amides is 1. The van der Waals surface area contributed by atoms with Crippen LogP contribution in [0.1, 0.15) is 90.2 Å². The van der Waals surface area contributed by atoms with Gasteiger partial charge in [-0.15, -0.1) is 0 Å². The van der Waals surface area contributed by atoms with Gasteiger partial charge in [0.15, 0.2) is 0 Å². The van der Waals surface area contributed by atoms with E-state index < -0.39 is 4.32 Å². The number of halogens is 1. The third kappa shape index (κ3) is 5.07. The number of carbonyl (C=O) groups excluding carboxylic acids is 1. The van der Waals surface area contributed by atoms with Gasteiger partial charge in [0.1, 0.15) is 4.32 Å². The van der Waals surface area contributed by atoms with Crippen molar-refractivity contribution < 1.29 is 4.79 Å². The van der Waals surface area contributed by atoms with Crippen LogP contribution < -0.4 is 5.32 Å². The summed E-state index contributed by atoms with van der Waals surface area (Å²) >= 11 is 3.72. The summed E-state index contributed by atoms with van der Waals surface area (Å²) in [4.78, 5) is 13.0. The fourth-order valence-electron chi connectivity index (χ4n) is 2.83. The quantitative estimate of drug-likeness (QED) is 0.504. The molecule has 0 aromatic heterocycles. The third-order valence-electron chi connectivity index (χ3n) is 4.51. The van der Waals surface area contributed by atoms with E-state index in [4.69, 9.17) is 0 Å². The van der Waals surface area contributed by atoms with E-state index in [1.807, 2.05) is 0 Å². The van der Waals surface area contributed by atoms with Gasteiger partial charge in [-0.05, 0) is 35.8 Å². The fourth-order valence-corrected chi connectivity index (χ4v) is 3.21. The molecule has 1 aromatic rings. The van der Waals surface area contributed by atoms with E-state index in [9.17, 15) is 4.79 Å². The number of anilines is 1. The van der Waals surface area contributed by atoms with Gasteiger partial charge in [0.2, 0.25) is 5.91 Å². The Morgan fingerprint density at radius 3 is 2.04 bits per heavy atom. The van der Waals surface area contributed by atoms with Crippen molar-refractivity contribution in [3.63, 3.8) is 0 Å². The highest BCUT2D eigenvalue weighted by atomic mass is 79.9. The Morgan fingerprint density at radius 1 is 1.13 bits per heavy atom. The van der Waals surface area contributed by atoms with Crippen LogP contribution >= 0.6 is 15.9 Å². The van der Waals surface area contributed by atoms with Crippen molar-refractivity contribution in [3.8, 4) is 0 Å². The number of rotatable bonds is 8.